The summed E-state index contributed by atoms with van der Waals surface area (Å²) in [4.78, 5) is 0. The van der Waals surface area contributed by atoms with Crippen LogP contribution in [0.4, 0.5) is 0 Å². The second kappa shape index (κ2) is 7.54. The highest BCUT2D eigenvalue weighted by molar-refractivity contribution is 5.44. The van der Waals surface area contributed by atoms with Gasteiger partial charge in [-0.3, -0.25) is 0 Å². The molecule has 3 aromatic rings. The molecule has 3 rings (SSSR count). The minimum absolute atomic E-state index is 0.0665. The Morgan fingerprint density at radius 1 is 0.840 bits per heavy atom. The van der Waals surface area contributed by atoms with Crippen molar-refractivity contribution in [3.05, 3.63) is 102 Å². The number of aliphatic hydroxyl groups is 1. The van der Waals surface area contributed by atoms with E-state index in [1.807, 2.05) is 72.8 Å². The lowest BCUT2D eigenvalue weighted by molar-refractivity contribution is 0.0474. The second-order valence-electron chi connectivity index (χ2n) is 6.24. The fourth-order valence-corrected chi connectivity index (χ4v) is 3.58. The van der Waals surface area contributed by atoms with E-state index in [0.29, 0.717) is 0 Å². The van der Waals surface area contributed by atoms with E-state index in [2.05, 4.69) is 19.1 Å². The van der Waals surface area contributed by atoms with E-state index in [0.717, 1.165) is 28.9 Å². The number of hydrogen-bond donors (Lipinski definition) is 1. The Balaban J connectivity index is 2.21. The molecular formula is C23H24O2. The zero-order chi connectivity index (χ0) is 17.7. The Morgan fingerprint density at radius 3 is 2.04 bits per heavy atom. The van der Waals surface area contributed by atoms with Crippen LogP contribution in [0.3, 0.4) is 0 Å². The molecule has 0 aliphatic rings. The molecule has 25 heavy (non-hydrogen) atoms. The molecule has 0 saturated heterocycles. The molecule has 0 radical (unpaired) electrons. The fraction of sp³-hybridized carbons (Fsp3) is 0.217. The Bertz CT molecular complexity index is 799. The van der Waals surface area contributed by atoms with E-state index in [1.54, 1.807) is 7.11 Å². The van der Waals surface area contributed by atoms with Gasteiger partial charge in [0.1, 0.15) is 11.4 Å². The highest BCUT2D eigenvalue weighted by Gasteiger charge is 2.40. The smallest absolute Gasteiger partial charge is 0.122 e. The van der Waals surface area contributed by atoms with Crippen molar-refractivity contribution in [2.24, 2.45) is 0 Å². The van der Waals surface area contributed by atoms with Gasteiger partial charge in [-0.05, 0) is 35.2 Å². The summed E-state index contributed by atoms with van der Waals surface area (Å²) in [5, 5.41) is 12.0. The van der Waals surface area contributed by atoms with Gasteiger partial charge in [0.15, 0.2) is 0 Å². The summed E-state index contributed by atoms with van der Waals surface area (Å²) in [5.41, 5.74) is 1.72. The average molecular weight is 332 g/mol. The number of methoxy groups -OCH3 is 1. The fourth-order valence-electron chi connectivity index (χ4n) is 3.58. The Kier molecular flexibility index (Phi) is 5.20. The van der Waals surface area contributed by atoms with E-state index in [4.69, 9.17) is 4.74 Å². The van der Waals surface area contributed by atoms with Crippen molar-refractivity contribution in [2.75, 3.05) is 7.11 Å². The predicted octanol–water partition coefficient (Wildman–Crippen LogP) is 5.12. The highest BCUT2D eigenvalue weighted by Crippen LogP contribution is 2.44. The van der Waals surface area contributed by atoms with Crippen LogP contribution in [0.1, 0.15) is 36.0 Å². The molecule has 0 aromatic heterocycles. The van der Waals surface area contributed by atoms with E-state index < -0.39 is 5.60 Å². The van der Waals surface area contributed by atoms with Crippen molar-refractivity contribution < 1.29 is 9.84 Å². The van der Waals surface area contributed by atoms with Gasteiger partial charge in [0.05, 0.1) is 7.11 Å². The lowest BCUT2D eigenvalue weighted by atomic mass is 9.72. The van der Waals surface area contributed by atoms with Gasteiger partial charge < -0.3 is 9.84 Å². The van der Waals surface area contributed by atoms with Crippen LogP contribution in [0.25, 0.3) is 0 Å². The molecule has 0 unspecified atom stereocenters. The van der Waals surface area contributed by atoms with E-state index in [-0.39, 0.29) is 5.92 Å². The van der Waals surface area contributed by atoms with Gasteiger partial charge in [0.2, 0.25) is 0 Å². The molecule has 0 aliphatic heterocycles. The van der Waals surface area contributed by atoms with Gasteiger partial charge in [0, 0.05) is 5.92 Å². The largest absolute Gasteiger partial charge is 0.497 e. The maximum atomic E-state index is 12.0. The quantitative estimate of drug-likeness (QED) is 0.678. The lowest BCUT2D eigenvalue weighted by Crippen LogP contribution is -2.34. The van der Waals surface area contributed by atoms with Gasteiger partial charge in [-0.2, -0.15) is 0 Å². The SMILES string of the molecule is CC[C@@H](c1ccccc1)[C@](O)(c1ccccc1)c1cccc(OC)c1. The van der Waals surface area contributed by atoms with E-state index in [9.17, 15) is 5.11 Å². The molecule has 2 heteroatoms. The second-order valence-corrected chi connectivity index (χ2v) is 6.24. The molecule has 0 amide bonds. The maximum absolute atomic E-state index is 12.0. The van der Waals surface area contributed by atoms with Crippen molar-refractivity contribution in [1.29, 1.82) is 0 Å². The molecule has 3 aromatic carbocycles. The van der Waals surface area contributed by atoms with Crippen molar-refractivity contribution in [3.63, 3.8) is 0 Å². The molecule has 0 fully saturated rings. The molecule has 2 nitrogen and oxygen atoms in total. The Morgan fingerprint density at radius 2 is 1.44 bits per heavy atom. The third-order valence-corrected chi connectivity index (χ3v) is 4.84. The third-order valence-electron chi connectivity index (χ3n) is 4.84. The molecule has 0 aliphatic carbocycles. The van der Waals surface area contributed by atoms with Crippen molar-refractivity contribution in [3.8, 4) is 5.75 Å². The van der Waals surface area contributed by atoms with Crippen LogP contribution < -0.4 is 4.74 Å². The first-order chi connectivity index (χ1) is 12.2. The number of hydrogen-bond acceptors (Lipinski definition) is 2. The van der Waals surface area contributed by atoms with Crippen LogP contribution in [0, 0.1) is 0 Å². The Labute approximate surface area is 149 Å². The molecule has 128 valence electrons. The first-order valence-electron chi connectivity index (χ1n) is 8.67. The first-order valence-corrected chi connectivity index (χ1v) is 8.67. The molecule has 1 N–H and O–H groups in total. The molecular weight excluding hydrogens is 308 g/mol. The van der Waals surface area contributed by atoms with Crippen molar-refractivity contribution >= 4 is 0 Å². The zero-order valence-corrected chi connectivity index (χ0v) is 14.7. The minimum Gasteiger partial charge on any atom is -0.497 e. The van der Waals surface area contributed by atoms with Crippen molar-refractivity contribution in [1.82, 2.24) is 0 Å². The molecule has 0 bridgehead atoms. The molecule has 0 saturated carbocycles. The summed E-state index contributed by atoms with van der Waals surface area (Å²) in [6, 6.07) is 27.8. The summed E-state index contributed by atoms with van der Waals surface area (Å²) >= 11 is 0. The van der Waals surface area contributed by atoms with Gasteiger partial charge in [-0.15, -0.1) is 0 Å². The number of benzene rings is 3. The summed E-state index contributed by atoms with van der Waals surface area (Å²) < 4.78 is 5.39. The van der Waals surface area contributed by atoms with Crippen LogP contribution in [-0.4, -0.2) is 12.2 Å². The summed E-state index contributed by atoms with van der Waals surface area (Å²) in [5.74, 6) is 0.679. The zero-order valence-electron chi connectivity index (χ0n) is 14.7. The summed E-state index contributed by atoms with van der Waals surface area (Å²) in [6.07, 6.45) is 0.812. The molecule has 0 spiro atoms. The maximum Gasteiger partial charge on any atom is 0.122 e. The van der Waals surface area contributed by atoms with Crippen LogP contribution >= 0.6 is 0 Å². The van der Waals surface area contributed by atoms with Crippen LogP contribution in [0.5, 0.6) is 5.75 Å². The van der Waals surface area contributed by atoms with Crippen molar-refractivity contribution in [2.45, 2.75) is 24.9 Å². The summed E-state index contributed by atoms with van der Waals surface area (Å²) in [7, 11) is 1.65. The topological polar surface area (TPSA) is 29.5 Å². The third kappa shape index (κ3) is 3.31. The Hall–Kier alpha value is -2.58. The summed E-state index contributed by atoms with van der Waals surface area (Å²) in [6.45, 7) is 2.12. The predicted molar refractivity (Wildman–Crippen MR) is 102 cm³/mol. The van der Waals surface area contributed by atoms with E-state index >= 15 is 0 Å². The van der Waals surface area contributed by atoms with Crippen LogP contribution in [0.15, 0.2) is 84.9 Å². The van der Waals surface area contributed by atoms with Gasteiger partial charge in [0.25, 0.3) is 0 Å². The number of ether oxygens (including phenoxy) is 1. The van der Waals surface area contributed by atoms with Crippen LogP contribution in [0.2, 0.25) is 0 Å². The standard InChI is InChI=1S/C23H24O2/c1-3-22(18-11-6-4-7-12-18)23(24,19-13-8-5-9-14-19)20-15-10-16-21(17-20)25-2/h4-17,22,24H,3H2,1-2H3/t22-,23-/m0/s1. The number of rotatable bonds is 6. The monoisotopic (exact) mass is 332 g/mol. The molecule has 2 atom stereocenters. The minimum atomic E-state index is -1.13. The van der Waals surface area contributed by atoms with Gasteiger partial charge in [-0.25, -0.2) is 0 Å². The average Bonchev–Trinajstić information content (AvgIpc) is 2.70. The highest BCUT2D eigenvalue weighted by atomic mass is 16.5. The first kappa shape index (κ1) is 17.2. The molecule has 0 heterocycles. The van der Waals surface area contributed by atoms with Gasteiger partial charge in [-0.1, -0.05) is 79.7 Å². The van der Waals surface area contributed by atoms with Gasteiger partial charge >= 0.3 is 0 Å². The normalized spacial score (nSPS) is 14.5. The lowest BCUT2D eigenvalue weighted by Gasteiger charge is -2.37. The van der Waals surface area contributed by atoms with E-state index in [1.165, 1.54) is 0 Å². The van der Waals surface area contributed by atoms with Crippen LogP contribution in [-0.2, 0) is 5.60 Å².